The molecule has 0 fully saturated rings. The van der Waals surface area contributed by atoms with E-state index in [-0.39, 0.29) is 6.42 Å². The maximum atomic E-state index is 10.2. The molecule has 1 rings (SSSR count). The van der Waals surface area contributed by atoms with Crippen molar-refractivity contribution in [2.24, 2.45) is 0 Å². The number of aliphatic carboxylic acids is 1. The number of hydrogen-bond acceptors (Lipinski definition) is 3. The van der Waals surface area contributed by atoms with Crippen LogP contribution in [0.3, 0.4) is 0 Å². The van der Waals surface area contributed by atoms with Crippen LogP contribution in [0.25, 0.3) is 0 Å². The number of thiophene rings is 1. The number of thioether (sulfide) groups is 1. The second-order valence-corrected chi connectivity index (χ2v) is 4.59. The van der Waals surface area contributed by atoms with Crippen LogP contribution in [-0.4, -0.2) is 17.3 Å². The van der Waals surface area contributed by atoms with Crippen LogP contribution in [0.2, 0.25) is 0 Å². The van der Waals surface area contributed by atoms with E-state index in [0.29, 0.717) is 6.42 Å². The van der Waals surface area contributed by atoms with E-state index in [1.807, 2.05) is 18.4 Å². The lowest BCUT2D eigenvalue weighted by Crippen LogP contribution is -1.95. The standard InChI is InChI=1S/C8H10O2S2/c1-11-8-5-3-6(12-8)2-4-7(9)10/h3,5H,2,4H2,1H3,(H,9,10). The van der Waals surface area contributed by atoms with E-state index >= 15 is 0 Å². The van der Waals surface area contributed by atoms with Crippen LogP contribution in [0.15, 0.2) is 16.3 Å². The monoisotopic (exact) mass is 202 g/mol. The molecule has 0 saturated heterocycles. The summed E-state index contributed by atoms with van der Waals surface area (Å²) in [6.07, 6.45) is 2.90. The third-order valence-corrected chi connectivity index (χ3v) is 3.65. The first-order valence-electron chi connectivity index (χ1n) is 3.57. The number of aryl methyl sites for hydroxylation is 1. The lowest BCUT2D eigenvalue weighted by Gasteiger charge is -1.90. The predicted molar refractivity (Wildman–Crippen MR) is 52.1 cm³/mol. The van der Waals surface area contributed by atoms with Crippen molar-refractivity contribution in [3.8, 4) is 0 Å². The van der Waals surface area contributed by atoms with Crippen molar-refractivity contribution in [2.75, 3.05) is 6.26 Å². The van der Waals surface area contributed by atoms with Gasteiger partial charge in [0.15, 0.2) is 0 Å². The Morgan fingerprint density at radius 3 is 2.92 bits per heavy atom. The Morgan fingerprint density at radius 2 is 2.42 bits per heavy atom. The summed E-state index contributed by atoms with van der Waals surface area (Å²) >= 11 is 3.37. The minimum absolute atomic E-state index is 0.230. The van der Waals surface area contributed by atoms with Crippen molar-refractivity contribution in [2.45, 2.75) is 17.1 Å². The molecule has 0 amide bonds. The van der Waals surface area contributed by atoms with Gasteiger partial charge in [0.05, 0.1) is 10.6 Å². The minimum atomic E-state index is -0.728. The summed E-state index contributed by atoms with van der Waals surface area (Å²) in [5, 5.41) is 8.44. The molecule has 4 heteroatoms. The topological polar surface area (TPSA) is 37.3 Å². The third-order valence-electron chi connectivity index (χ3n) is 1.42. The number of carboxylic acid groups (broad SMARTS) is 1. The highest BCUT2D eigenvalue weighted by Gasteiger charge is 2.01. The fourth-order valence-electron chi connectivity index (χ4n) is 0.832. The molecule has 0 radical (unpaired) electrons. The van der Waals surface area contributed by atoms with E-state index < -0.39 is 5.97 Å². The maximum absolute atomic E-state index is 10.2. The quantitative estimate of drug-likeness (QED) is 0.762. The van der Waals surface area contributed by atoms with Crippen LogP contribution in [-0.2, 0) is 11.2 Å². The third kappa shape index (κ3) is 2.87. The Morgan fingerprint density at radius 1 is 1.67 bits per heavy atom. The molecule has 0 unspecified atom stereocenters. The van der Waals surface area contributed by atoms with Gasteiger partial charge in [-0.15, -0.1) is 23.1 Å². The average Bonchev–Trinajstić information content (AvgIpc) is 2.48. The van der Waals surface area contributed by atoms with Crippen LogP contribution in [0.1, 0.15) is 11.3 Å². The lowest BCUT2D eigenvalue weighted by molar-refractivity contribution is -0.136. The Bertz CT molecular complexity index is 268. The van der Waals surface area contributed by atoms with Crippen LogP contribution in [0, 0.1) is 0 Å². The summed E-state index contributed by atoms with van der Waals surface area (Å²) in [7, 11) is 0. The molecule has 0 bridgehead atoms. The van der Waals surface area contributed by atoms with E-state index in [2.05, 4.69) is 0 Å². The van der Waals surface area contributed by atoms with Gasteiger partial charge in [-0.1, -0.05) is 0 Å². The smallest absolute Gasteiger partial charge is 0.303 e. The molecule has 0 atom stereocenters. The maximum Gasteiger partial charge on any atom is 0.303 e. The molecule has 1 aromatic heterocycles. The summed E-state index contributed by atoms with van der Waals surface area (Å²) in [5.74, 6) is -0.728. The Labute approximate surface area is 79.6 Å². The van der Waals surface area contributed by atoms with E-state index in [9.17, 15) is 4.79 Å². The summed E-state index contributed by atoms with van der Waals surface area (Å²) < 4.78 is 1.25. The molecule has 0 aromatic carbocycles. The van der Waals surface area contributed by atoms with Gasteiger partial charge in [0.2, 0.25) is 0 Å². The van der Waals surface area contributed by atoms with Gasteiger partial charge in [0, 0.05) is 4.88 Å². The second-order valence-electron chi connectivity index (χ2n) is 2.32. The average molecular weight is 202 g/mol. The molecule has 0 spiro atoms. The first kappa shape index (κ1) is 9.61. The molecule has 0 saturated carbocycles. The molecule has 0 aliphatic rings. The van der Waals surface area contributed by atoms with Crippen molar-refractivity contribution in [1.82, 2.24) is 0 Å². The molecule has 0 aliphatic carbocycles. The van der Waals surface area contributed by atoms with Crippen molar-refractivity contribution < 1.29 is 9.90 Å². The van der Waals surface area contributed by atoms with Gasteiger partial charge in [-0.3, -0.25) is 4.79 Å². The first-order chi connectivity index (χ1) is 5.72. The molecule has 1 aromatic rings. The van der Waals surface area contributed by atoms with Crippen molar-refractivity contribution >= 4 is 29.1 Å². The normalized spacial score (nSPS) is 10.1. The SMILES string of the molecule is CSc1ccc(CCC(=O)O)s1. The minimum Gasteiger partial charge on any atom is -0.481 e. The van der Waals surface area contributed by atoms with Gasteiger partial charge in [-0.2, -0.15) is 0 Å². The summed E-state index contributed by atoms with van der Waals surface area (Å²) in [6.45, 7) is 0. The molecular formula is C8H10O2S2. The summed E-state index contributed by atoms with van der Waals surface area (Å²) in [5.41, 5.74) is 0. The highest BCUT2D eigenvalue weighted by molar-refractivity contribution is 8.00. The van der Waals surface area contributed by atoms with Crippen molar-refractivity contribution in [3.63, 3.8) is 0 Å². The molecule has 66 valence electrons. The van der Waals surface area contributed by atoms with Crippen molar-refractivity contribution in [3.05, 3.63) is 17.0 Å². The molecule has 12 heavy (non-hydrogen) atoms. The van der Waals surface area contributed by atoms with Crippen molar-refractivity contribution in [1.29, 1.82) is 0 Å². The number of carbonyl (C=O) groups is 1. The van der Waals surface area contributed by atoms with Gasteiger partial charge in [-0.05, 0) is 24.8 Å². The van der Waals surface area contributed by atoms with Crippen LogP contribution < -0.4 is 0 Å². The van der Waals surface area contributed by atoms with Gasteiger partial charge in [0.1, 0.15) is 0 Å². The Kier molecular flexibility index (Phi) is 3.62. The molecule has 1 heterocycles. The second kappa shape index (κ2) is 4.52. The van der Waals surface area contributed by atoms with Crippen LogP contribution in [0.4, 0.5) is 0 Å². The first-order valence-corrected chi connectivity index (χ1v) is 5.61. The Hall–Kier alpha value is -0.480. The highest BCUT2D eigenvalue weighted by Crippen LogP contribution is 2.25. The van der Waals surface area contributed by atoms with Gasteiger partial charge >= 0.3 is 5.97 Å². The van der Waals surface area contributed by atoms with Gasteiger partial charge in [0.25, 0.3) is 0 Å². The zero-order valence-corrected chi connectivity index (χ0v) is 8.37. The fraction of sp³-hybridized carbons (Fsp3) is 0.375. The van der Waals surface area contributed by atoms with E-state index in [1.54, 1.807) is 23.1 Å². The van der Waals surface area contributed by atoms with E-state index in [1.165, 1.54) is 4.21 Å². The van der Waals surface area contributed by atoms with Crippen LogP contribution >= 0.6 is 23.1 Å². The van der Waals surface area contributed by atoms with Gasteiger partial charge in [-0.25, -0.2) is 0 Å². The Balaban J connectivity index is 2.47. The zero-order chi connectivity index (χ0) is 8.97. The summed E-state index contributed by atoms with van der Waals surface area (Å²) in [6, 6.07) is 4.03. The van der Waals surface area contributed by atoms with Crippen LogP contribution in [0.5, 0.6) is 0 Å². The molecule has 2 nitrogen and oxygen atoms in total. The van der Waals surface area contributed by atoms with Gasteiger partial charge < -0.3 is 5.11 Å². The van der Waals surface area contributed by atoms with E-state index in [0.717, 1.165) is 4.88 Å². The number of carboxylic acids is 1. The summed E-state index contributed by atoms with van der Waals surface area (Å²) in [4.78, 5) is 11.4. The predicted octanol–water partition coefficient (Wildman–Crippen LogP) is 2.49. The highest BCUT2D eigenvalue weighted by atomic mass is 32.2. The molecule has 0 aliphatic heterocycles. The lowest BCUT2D eigenvalue weighted by atomic mass is 10.3. The largest absolute Gasteiger partial charge is 0.481 e. The molecular weight excluding hydrogens is 192 g/mol. The number of hydrogen-bond donors (Lipinski definition) is 1. The molecule has 1 N–H and O–H groups in total. The fourth-order valence-corrected chi connectivity index (χ4v) is 2.43. The van der Waals surface area contributed by atoms with E-state index in [4.69, 9.17) is 5.11 Å². The zero-order valence-electron chi connectivity index (χ0n) is 6.74. The number of rotatable bonds is 4.